The van der Waals surface area contributed by atoms with E-state index in [9.17, 15) is 4.79 Å². The summed E-state index contributed by atoms with van der Waals surface area (Å²) in [5, 5.41) is 3.12. The molecule has 1 saturated heterocycles. The van der Waals surface area contributed by atoms with Crippen molar-refractivity contribution in [2.75, 3.05) is 37.4 Å². The maximum atomic E-state index is 12.1. The third-order valence-corrected chi connectivity index (χ3v) is 2.86. The SMILES string of the molecule is CC(Nc1ccc(N)nc1)C(=O)N1CCOCC1. The van der Waals surface area contributed by atoms with Gasteiger partial charge in [-0.1, -0.05) is 0 Å². The summed E-state index contributed by atoms with van der Waals surface area (Å²) in [5.74, 6) is 0.544. The van der Waals surface area contributed by atoms with Crippen molar-refractivity contribution in [3.05, 3.63) is 18.3 Å². The number of amides is 1. The van der Waals surface area contributed by atoms with Gasteiger partial charge in [0.05, 0.1) is 25.1 Å². The molecule has 1 amide bonds. The summed E-state index contributed by atoms with van der Waals surface area (Å²) in [6.45, 7) is 4.38. The van der Waals surface area contributed by atoms with E-state index in [1.54, 1.807) is 12.3 Å². The molecule has 2 heterocycles. The van der Waals surface area contributed by atoms with Gasteiger partial charge in [0.2, 0.25) is 5.91 Å². The first-order valence-electron chi connectivity index (χ1n) is 6.01. The van der Waals surface area contributed by atoms with Crippen LogP contribution >= 0.6 is 0 Å². The fourth-order valence-corrected chi connectivity index (χ4v) is 1.86. The van der Waals surface area contributed by atoms with Gasteiger partial charge in [-0.25, -0.2) is 4.98 Å². The summed E-state index contributed by atoms with van der Waals surface area (Å²) >= 11 is 0. The summed E-state index contributed by atoms with van der Waals surface area (Å²) < 4.78 is 5.22. The fraction of sp³-hybridized carbons (Fsp3) is 0.500. The van der Waals surface area contributed by atoms with Gasteiger partial charge in [-0.3, -0.25) is 4.79 Å². The van der Waals surface area contributed by atoms with Crippen molar-refractivity contribution >= 4 is 17.4 Å². The van der Waals surface area contributed by atoms with Crippen molar-refractivity contribution in [1.29, 1.82) is 0 Å². The van der Waals surface area contributed by atoms with E-state index in [1.165, 1.54) is 0 Å². The van der Waals surface area contributed by atoms with Gasteiger partial charge in [0.25, 0.3) is 0 Å². The van der Waals surface area contributed by atoms with Crippen molar-refractivity contribution in [1.82, 2.24) is 9.88 Å². The standard InChI is InChI=1S/C12H18N4O2/c1-9(12(17)16-4-6-18-7-5-16)15-10-2-3-11(13)14-8-10/h2-3,8-9,15H,4-7H2,1H3,(H2,13,14). The Morgan fingerprint density at radius 1 is 1.50 bits per heavy atom. The van der Waals surface area contributed by atoms with E-state index >= 15 is 0 Å². The molecule has 0 spiro atoms. The second kappa shape index (κ2) is 5.68. The first-order chi connectivity index (χ1) is 8.66. The van der Waals surface area contributed by atoms with Gasteiger partial charge in [-0.15, -0.1) is 0 Å². The third-order valence-electron chi connectivity index (χ3n) is 2.86. The number of nitrogens with two attached hydrogens (primary N) is 1. The van der Waals surface area contributed by atoms with E-state index < -0.39 is 0 Å². The molecule has 0 saturated carbocycles. The predicted octanol–water partition coefficient (Wildman–Crippen LogP) is 0.323. The highest BCUT2D eigenvalue weighted by Crippen LogP contribution is 2.10. The van der Waals surface area contributed by atoms with Gasteiger partial charge in [-0.05, 0) is 19.1 Å². The lowest BCUT2D eigenvalue weighted by Crippen LogP contribution is -2.47. The second-order valence-corrected chi connectivity index (χ2v) is 4.28. The van der Waals surface area contributed by atoms with Crippen LogP contribution in [0.15, 0.2) is 18.3 Å². The number of rotatable bonds is 3. The minimum absolute atomic E-state index is 0.0788. The molecule has 0 aromatic carbocycles. The maximum Gasteiger partial charge on any atom is 0.244 e. The van der Waals surface area contributed by atoms with Crippen molar-refractivity contribution in [3.8, 4) is 0 Å². The number of nitrogen functional groups attached to an aromatic ring is 1. The summed E-state index contributed by atoms with van der Waals surface area (Å²) in [7, 11) is 0. The van der Waals surface area contributed by atoms with Crippen LogP contribution in [0.5, 0.6) is 0 Å². The third kappa shape index (κ3) is 3.10. The summed E-state index contributed by atoms with van der Waals surface area (Å²) in [5.41, 5.74) is 6.30. The first-order valence-corrected chi connectivity index (χ1v) is 6.01. The van der Waals surface area contributed by atoms with E-state index in [1.807, 2.05) is 17.9 Å². The molecule has 0 bridgehead atoms. The first kappa shape index (κ1) is 12.6. The van der Waals surface area contributed by atoms with Gasteiger partial charge in [0.1, 0.15) is 11.9 Å². The van der Waals surface area contributed by atoms with Crippen LogP contribution < -0.4 is 11.1 Å². The number of aromatic nitrogens is 1. The number of hydrogen-bond donors (Lipinski definition) is 2. The average molecular weight is 250 g/mol. The molecule has 0 aliphatic carbocycles. The molecule has 1 fully saturated rings. The predicted molar refractivity (Wildman–Crippen MR) is 69.1 cm³/mol. The molecule has 1 aliphatic heterocycles. The summed E-state index contributed by atoms with van der Waals surface area (Å²) in [6.07, 6.45) is 1.62. The molecule has 98 valence electrons. The Labute approximate surface area is 106 Å². The van der Waals surface area contributed by atoms with E-state index in [2.05, 4.69) is 10.3 Å². The van der Waals surface area contributed by atoms with E-state index in [0.717, 1.165) is 5.69 Å². The normalized spacial score (nSPS) is 17.3. The fourth-order valence-electron chi connectivity index (χ4n) is 1.86. The molecule has 3 N–H and O–H groups in total. The van der Waals surface area contributed by atoms with Crippen molar-refractivity contribution < 1.29 is 9.53 Å². The van der Waals surface area contributed by atoms with Gasteiger partial charge in [-0.2, -0.15) is 0 Å². The topological polar surface area (TPSA) is 80.5 Å². The monoisotopic (exact) mass is 250 g/mol. The number of carbonyl (C=O) groups excluding carboxylic acids is 1. The van der Waals surface area contributed by atoms with Crippen molar-refractivity contribution in [2.45, 2.75) is 13.0 Å². The van der Waals surface area contributed by atoms with Crippen LogP contribution in [-0.2, 0) is 9.53 Å². The van der Waals surface area contributed by atoms with Gasteiger partial charge in [0, 0.05) is 13.1 Å². The smallest absolute Gasteiger partial charge is 0.244 e. The molecule has 6 nitrogen and oxygen atoms in total. The quantitative estimate of drug-likeness (QED) is 0.807. The molecule has 1 aromatic heterocycles. The maximum absolute atomic E-state index is 12.1. The number of pyridine rings is 1. The molecule has 0 radical (unpaired) electrons. The molecule has 18 heavy (non-hydrogen) atoms. The zero-order valence-electron chi connectivity index (χ0n) is 10.4. The van der Waals surface area contributed by atoms with Gasteiger partial charge < -0.3 is 20.7 Å². The Balaban J connectivity index is 1.92. The highest BCUT2D eigenvalue weighted by atomic mass is 16.5. The Morgan fingerprint density at radius 2 is 2.22 bits per heavy atom. The molecule has 1 unspecified atom stereocenters. The lowest BCUT2D eigenvalue weighted by atomic mass is 10.2. The number of anilines is 2. The Bertz CT molecular complexity index is 401. The largest absolute Gasteiger partial charge is 0.384 e. The van der Waals surface area contributed by atoms with Crippen LogP contribution in [-0.4, -0.2) is 48.1 Å². The zero-order chi connectivity index (χ0) is 13.0. The minimum Gasteiger partial charge on any atom is -0.384 e. The zero-order valence-corrected chi connectivity index (χ0v) is 10.4. The Hall–Kier alpha value is -1.82. The molecular weight excluding hydrogens is 232 g/mol. The highest BCUT2D eigenvalue weighted by Gasteiger charge is 2.22. The molecular formula is C12H18N4O2. The van der Waals surface area contributed by atoms with Crippen LogP contribution in [0.2, 0.25) is 0 Å². The second-order valence-electron chi connectivity index (χ2n) is 4.28. The molecule has 1 atom stereocenters. The van der Waals surface area contributed by atoms with Crippen LogP contribution in [0, 0.1) is 0 Å². The van der Waals surface area contributed by atoms with Crippen LogP contribution in [0.1, 0.15) is 6.92 Å². The van der Waals surface area contributed by atoms with E-state index in [0.29, 0.717) is 32.1 Å². The van der Waals surface area contributed by atoms with E-state index in [4.69, 9.17) is 10.5 Å². The number of nitrogens with zero attached hydrogens (tertiary/aromatic N) is 2. The number of carbonyl (C=O) groups is 1. The molecule has 6 heteroatoms. The minimum atomic E-state index is -0.284. The molecule has 2 rings (SSSR count). The lowest BCUT2D eigenvalue weighted by molar-refractivity contribution is -0.135. The summed E-state index contributed by atoms with van der Waals surface area (Å²) in [6, 6.07) is 3.23. The number of hydrogen-bond acceptors (Lipinski definition) is 5. The van der Waals surface area contributed by atoms with E-state index in [-0.39, 0.29) is 11.9 Å². The Morgan fingerprint density at radius 3 is 2.83 bits per heavy atom. The lowest BCUT2D eigenvalue weighted by Gasteiger charge is -2.29. The highest BCUT2D eigenvalue weighted by molar-refractivity contribution is 5.84. The molecule has 1 aliphatic rings. The van der Waals surface area contributed by atoms with Crippen LogP contribution in [0.25, 0.3) is 0 Å². The summed E-state index contributed by atoms with van der Waals surface area (Å²) in [4.78, 5) is 17.9. The van der Waals surface area contributed by atoms with Gasteiger partial charge >= 0.3 is 0 Å². The molecule has 1 aromatic rings. The van der Waals surface area contributed by atoms with Gasteiger partial charge in [0.15, 0.2) is 0 Å². The number of nitrogens with one attached hydrogen (secondary N) is 1. The van der Waals surface area contributed by atoms with Crippen molar-refractivity contribution in [2.24, 2.45) is 0 Å². The number of morpholine rings is 1. The van der Waals surface area contributed by atoms with Crippen LogP contribution in [0.3, 0.4) is 0 Å². The Kier molecular flexibility index (Phi) is 3.99. The van der Waals surface area contributed by atoms with Crippen LogP contribution in [0.4, 0.5) is 11.5 Å². The average Bonchev–Trinajstić information content (AvgIpc) is 2.41. The van der Waals surface area contributed by atoms with Crippen molar-refractivity contribution in [3.63, 3.8) is 0 Å². The number of ether oxygens (including phenoxy) is 1.